The van der Waals surface area contributed by atoms with Crippen molar-refractivity contribution in [1.82, 2.24) is 0 Å². The number of ether oxygens (including phenoxy) is 5. The molecule has 0 spiro atoms. The van der Waals surface area contributed by atoms with Crippen LogP contribution in [0.1, 0.15) is 72.9 Å². The van der Waals surface area contributed by atoms with Crippen LogP contribution in [0.4, 0.5) is 16.4 Å². The van der Waals surface area contributed by atoms with Gasteiger partial charge in [0.25, 0.3) is 0 Å². The maximum atomic E-state index is 12.6. The molecule has 0 aliphatic heterocycles. The number of azo groups is 1. The standard InChI is InChI=1S/C40H51N5O11S/c1-26-23-28(11-12-34(26)43-44-36-33(24-41)27(2)35(25-42)57-36)45(14-16-53-19-21-55-39(50)31-9-5-3-7-29(31)37(46)47)13-15-52-17-18-54-20-22-56-40(51)32-10-6-4-8-30(32)38(48)49/h11-12,23,29-32H,3-10,13-22H2,1-2H3,(H,46,47)(H,48,49)/b44-43+. The molecule has 4 atom stereocenters. The fraction of sp³-hybridized carbons (Fsp3) is 0.600. The third kappa shape index (κ3) is 13.3. The van der Waals surface area contributed by atoms with Crippen LogP contribution < -0.4 is 4.90 Å². The summed E-state index contributed by atoms with van der Waals surface area (Å²) in [7, 11) is 0. The average Bonchev–Trinajstić information content (AvgIpc) is 3.53. The topological polar surface area (TPSA) is 230 Å². The van der Waals surface area contributed by atoms with Gasteiger partial charge in [-0.1, -0.05) is 25.7 Å². The molecule has 2 aliphatic carbocycles. The SMILES string of the molecule is Cc1cc(N(CCOCCOCCOC(=O)C2CCCCC2C(=O)O)CCOCCOC(=O)C2CCCCC2C(=O)O)ccc1/N=N/c1sc(C#N)c(C)c1C#N. The summed E-state index contributed by atoms with van der Waals surface area (Å²) in [4.78, 5) is 50.6. The summed E-state index contributed by atoms with van der Waals surface area (Å²) in [6, 6.07) is 9.83. The van der Waals surface area contributed by atoms with Gasteiger partial charge < -0.3 is 38.8 Å². The summed E-state index contributed by atoms with van der Waals surface area (Å²) in [6.45, 7) is 6.08. The predicted molar refractivity (Wildman–Crippen MR) is 207 cm³/mol. The van der Waals surface area contributed by atoms with Gasteiger partial charge >= 0.3 is 23.9 Å². The zero-order valence-corrected chi connectivity index (χ0v) is 33.3. The minimum Gasteiger partial charge on any atom is -0.481 e. The van der Waals surface area contributed by atoms with Gasteiger partial charge in [0.15, 0.2) is 5.00 Å². The number of aryl methyl sites for hydroxylation is 1. The van der Waals surface area contributed by atoms with Crippen molar-refractivity contribution < 1.29 is 53.1 Å². The second-order valence-corrected chi connectivity index (χ2v) is 15.0. The highest BCUT2D eigenvalue weighted by Gasteiger charge is 2.37. The lowest BCUT2D eigenvalue weighted by atomic mass is 9.79. The van der Waals surface area contributed by atoms with E-state index in [0.29, 0.717) is 78.7 Å². The third-order valence-corrected chi connectivity index (χ3v) is 11.3. The molecule has 1 aromatic heterocycles. The maximum absolute atomic E-state index is 12.6. The van der Waals surface area contributed by atoms with Crippen LogP contribution >= 0.6 is 11.3 Å². The number of aliphatic carboxylic acids is 2. The van der Waals surface area contributed by atoms with Crippen LogP contribution in [0.3, 0.4) is 0 Å². The van der Waals surface area contributed by atoms with E-state index in [1.807, 2.05) is 25.1 Å². The molecule has 2 saturated carbocycles. The van der Waals surface area contributed by atoms with E-state index in [-0.39, 0.29) is 39.6 Å². The molecule has 57 heavy (non-hydrogen) atoms. The normalized spacial score (nSPS) is 19.4. The van der Waals surface area contributed by atoms with Crippen molar-refractivity contribution in [1.29, 1.82) is 10.5 Å². The number of nitriles is 2. The molecule has 16 nitrogen and oxygen atoms in total. The van der Waals surface area contributed by atoms with Gasteiger partial charge in [0.1, 0.15) is 30.2 Å². The Kier molecular flexibility index (Phi) is 18.3. The van der Waals surface area contributed by atoms with Crippen LogP contribution in [0.2, 0.25) is 0 Å². The Morgan fingerprint density at radius 2 is 1.21 bits per heavy atom. The zero-order valence-electron chi connectivity index (χ0n) is 32.5. The molecule has 2 aromatic rings. The third-order valence-electron chi connectivity index (χ3n) is 10.2. The van der Waals surface area contributed by atoms with E-state index in [2.05, 4.69) is 27.3 Å². The number of carbonyl (C=O) groups is 4. The molecule has 0 radical (unpaired) electrons. The van der Waals surface area contributed by atoms with Gasteiger partial charge in [-0.3, -0.25) is 19.2 Å². The second-order valence-electron chi connectivity index (χ2n) is 14.0. The number of rotatable bonds is 22. The van der Waals surface area contributed by atoms with E-state index in [0.717, 1.165) is 48.3 Å². The van der Waals surface area contributed by atoms with Crippen molar-refractivity contribution in [2.45, 2.75) is 65.2 Å². The second kappa shape index (κ2) is 23.3. The van der Waals surface area contributed by atoms with Crippen molar-refractivity contribution in [3.8, 4) is 12.1 Å². The van der Waals surface area contributed by atoms with Crippen molar-refractivity contribution in [2.24, 2.45) is 33.9 Å². The minimum atomic E-state index is -0.971. The van der Waals surface area contributed by atoms with Gasteiger partial charge in [-0.15, -0.1) is 21.6 Å². The highest BCUT2D eigenvalue weighted by atomic mass is 32.1. The first-order valence-electron chi connectivity index (χ1n) is 19.3. The molecule has 4 unspecified atom stereocenters. The van der Waals surface area contributed by atoms with Crippen LogP contribution in [-0.2, 0) is 42.9 Å². The van der Waals surface area contributed by atoms with E-state index in [4.69, 9.17) is 23.7 Å². The number of esters is 2. The summed E-state index contributed by atoms with van der Waals surface area (Å²) in [6.07, 6.45) is 5.14. The van der Waals surface area contributed by atoms with E-state index in [1.54, 1.807) is 6.92 Å². The van der Waals surface area contributed by atoms with Gasteiger partial charge in [-0.2, -0.15) is 10.5 Å². The molecule has 17 heteroatoms. The molecule has 0 amide bonds. The molecule has 1 aromatic carbocycles. The number of carboxylic acid groups (broad SMARTS) is 2. The molecule has 0 saturated heterocycles. The lowest BCUT2D eigenvalue weighted by Gasteiger charge is -2.27. The summed E-state index contributed by atoms with van der Waals surface area (Å²) in [5, 5.41) is 46.8. The van der Waals surface area contributed by atoms with Crippen molar-refractivity contribution in [2.75, 3.05) is 70.8 Å². The Morgan fingerprint density at radius 3 is 1.68 bits per heavy atom. The summed E-state index contributed by atoms with van der Waals surface area (Å²) in [5.74, 6) is -5.62. The molecule has 2 fully saturated rings. The number of benzene rings is 1. The van der Waals surface area contributed by atoms with Crippen molar-refractivity contribution in [3.63, 3.8) is 0 Å². The molecule has 0 bridgehead atoms. The smallest absolute Gasteiger partial charge is 0.309 e. The van der Waals surface area contributed by atoms with E-state index in [1.165, 1.54) is 0 Å². The highest BCUT2D eigenvalue weighted by Crippen LogP contribution is 2.36. The largest absolute Gasteiger partial charge is 0.481 e. The monoisotopic (exact) mass is 809 g/mol. The lowest BCUT2D eigenvalue weighted by molar-refractivity contribution is -0.160. The van der Waals surface area contributed by atoms with E-state index >= 15 is 0 Å². The molecular weight excluding hydrogens is 759 g/mol. The van der Waals surface area contributed by atoms with E-state index in [9.17, 15) is 39.9 Å². The first-order chi connectivity index (χ1) is 27.5. The quantitative estimate of drug-likeness (QED) is 0.0761. The zero-order chi connectivity index (χ0) is 41.2. The summed E-state index contributed by atoms with van der Waals surface area (Å²) < 4.78 is 27.8. The van der Waals surface area contributed by atoms with Crippen LogP contribution in [0.15, 0.2) is 28.4 Å². The first kappa shape index (κ1) is 44.8. The maximum Gasteiger partial charge on any atom is 0.309 e. The fourth-order valence-electron chi connectivity index (χ4n) is 7.03. The average molecular weight is 810 g/mol. The van der Waals surface area contributed by atoms with Gasteiger partial charge in [0.05, 0.1) is 74.6 Å². The van der Waals surface area contributed by atoms with Crippen molar-refractivity contribution in [3.05, 3.63) is 39.8 Å². The molecule has 2 aliphatic rings. The fourth-order valence-corrected chi connectivity index (χ4v) is 7.91. The number of carboxylic acids is 2. The molecule has 308 valence electrons. The number of carbonyl (C=O) groups excluding carboxylic acids is 2. The predicted octanol–water partition coefficient (Wildman–Crippen LogP) is 6.25. The lowest BCUT2D eigenvalue weighted by Crippen LogP contribution is -2.34. The van der Waals surface area contributed by atoms with Gasteiger partial charge in [0.2, 0.25) is 0 Å². The minimum absolute atomic E-state index is 0.0133. The summed E-state index contributed by atoms with van der Waals surface area (Å²) >= 11 is 1.12. The number of hydrogen-bond donors (Lipinski definition) is 2. The number of hydrogen-bond acceptors (Lipinski definition) is 15. The van der Waals surface area contributed by atoms with Crippen LogP contribution in [0.5, 0.6) is 0 Å². The Morgan fingerprint density at radius 1 is 0.719 bits per heavy atom. The Bertz CT molecular complexity index is 1800. The van der Waals surface area contributed by atoms with Crippen LogP contribution in [0, 0.1) is 60.2 Å². The van der Waals surface area contributed by atoms with Crippen LogP contribution in [-0.4, -0.2) is 100 Å². The van der Waals surface area contributed by atoms with E-state index < -0.39 is 47.5 Å². The number of thiophene rings is 1. The highest BCUT2D eigenvalue weighted by molar-refractivity contribution is 7.16. The van der Waals surface area contributed by atoms with Crippen molar-refractivity contribution >= 4 is 51.6 Å². The Balaban J connectivity index is 1.26. The molecular formula is C40H51N5O11S. The molecule has 1 heterocycles. The Hall–Kier alpha value is -4.94. The Labute approximate surface area is 336 Å². The van der Waals surface area contributed by atoms with Gasteiger partial charge in [-0.05, 0) is 68.9 Å². The molecule has 2 N–H and O–H groups in total. The number of anilines is 1. The molecule has 4 rings (SSSR count). The summed E-state index contributed by atoms with van der Waals surface area (Å²) in [5.41, 5.74) is 3.18. The number of nitrogens with zero attached hydrogens (tertiary/aromatic N) is 5. The first-order valence-corrected chi connectivity index (χ1v) is 20.1. The van der Waals surface area contributed by atoms with Gasteiger partial charge in [-0.25, -0.2) is 0 Å². The van der Waals surface area contributed by atoms with Crippen LogP contribution in [0.25, 0.3) is 0 Å². The van der Waals surface area contributed by atoms with Gasteiger partial charge in [0, 0.05) is 18.8 Å².